The molecule has 0 amide bonds. The predicted molar refractivity (Wildman–Crippen MR) is 106 cm³/mol. The minimum Gasteiger partial charge on any atom is -0.490 e. The summed E-state index contributed by atoms with van der Waals surface area (Å²) in [4.78, 5) is 21.1. The average molecular weight is 380 g/mol. The molecule has 0 unspecified atom stereocenters. The molecular weight excluding hydrogens is 348 g/mol. The van der Waals surface area contributed by atoms with E-state index in [0.717, 1.165) is 44.1 Å². The van der Waals surface area contributed by atoms with Crippen LogP contribution in [0.1, 0.15) is 64.9 Å². The zero-order valence-electron chi connectivity index (χ0n) is 16.7. The van der Waals surface area contributed by atoms with Crippen molar-refractivity contribution in [2.45, 2.75) is 64.9 Å². The van der Waals surface area contributed by atoms with Gasteiger partial charge in [-0.25, -0.2) is 9.59 Å². The van der Waals surface area contributed by atoms with Crippen molar-refractivity contribution in [3.63, 3.8) is 0 Å². The normalized spacial score (nSPS) is 11.2. The van der Waals surface area contributed by atoms with E-state index in [1.165, 1.54) is 7.11 Å². The highest BCUT2D eigenvalue weighted by Gasteiger charge is 2.31. The summed E-state index contributed by atoms with van der Waals surface area (Å²) in [5, 5.41) is 13.9. The third-order valence-corrected chi connectivity index (χ3v) is 4.35. The zero-order chi connectivity index (χ0) is 20.7. The van der Waals surface area contributed by atoms with Gasteiger partial charge in [-0.05, 0) is 37.3 Å². The van der Waals surface area contributed by atoms with Gasteiger partial charge in [-0.2, -0.15) is 0 Å². The number of benzene rings is 1. The van der Waals surface area contributed by atoms with Crippen LogP contribution >= 0.6 is 0 Å². The van der Waals surface area contributed by atoms with Gasteiger partial charge in [0.05, 0.1) is 7.11 Å². The van der Waals surface area contributed by atoms with Gasteiger partial charge >= 0.3 is 12.1 Å². The first-order chi connectivity index (χ1) is 12.8. The number of hydrogen-bond donors (Lipinski definition) is 2. The number of methoxy groups -OCH3 is 1. The number of esters is 1. The van der Waals surface area contributed by atoms with Crippen LogP contribution in [0.2, 0.25) is 0 Å². The average Bonchev–Trinajstić information content (AvgIpc) is 2.65. The molecule has 1 aromatic carbocycles. The lowest BCUT2D eigenvalue weighted by atomic mass is 9.90. The number of hydrogen-bond acceptors (Lipinski definition) is 4. The second-order valence-electron chi connectivity index (χ2n) is 6.14. The summed E-state index contributed by atoms with van der Waals surface area (Å²) in [6, 6.07) is 9.66. The van der Waals surface area contributed by atoms with Gasteiger partial charge < -0.3 is 19.7 Å². The number of carbonyl (C=O) groups is 2. The van der Waals surface area contributed by atoms with E-state index in [4.69, 9.17) is 24.5 Å². The topological polar surface area (TPSA) is 93.1 Å². The second-order valence-corrected chi connectivity index (χ2v) is 6.14. The third-order valence-electron chi connectivity index (χ3n) is 4.35. The molecular formula is C21H32O6. The van der Waals surface area contributed by atoms with Crippen LogP contribution in [0.15, 0.2) is 36.1 Å². The van der Waals surface area contributed by atoms with Crippen LogP contribution in [-0.2, 0) is 14.3 Å². The molecule has 0 bridgehead atoms. The molecule has 0 heterocycles. The van der Waals surface area contributed by atoms with Gasteiger partial charge in [-0.15, -0.1) is 0 Å². The maximum absolute atomic E-state index is 12.5. The van der Waals surface area contributed by atoms with E-state index < -0.39 is 6.16 Å². The van der Waals surface area contributed by atoms with Crippen LogP contribution in [0, 0.1) is 0 Å². The molecule has 0 aliphatic heterocycles. The van der Waals surface area contributed by atoms with E-state index in [-0.39, 0.29) is 17.3 Å². The fourth-order valence-electron chi connectivity index (χ4n) is 2.64. The molecule has 0 aromatic heterocycles. The van der Waals surface area contributed by atoms with Gasteiger partial charge in [0.2, 0.25) is 5.76 Å². The molecule has 1 rings (SSSR count). The molecule has 0 saturated carbocycles. The van der Waals surface area contributed by atoms with Crippen molar-refractivity contribution >= 4 is 18.2 Å². The van der Waals surface area contributed by atoms with E-state index >= 15 is 0 Å². The van der Waals surface area contributed by atoms with Crippen molar-refractivity contribution in [2.24, 2.45) is 0 Å². The molecule has 1 aromatic rings. The number of carboxylic acid groups (broad SMARTS) is 2. The lowest BCUT2D eigenvalue weighted by Gasteiger charge is -2.32. The number of rotatable bonds is 10. The molecule has 0 aliphatic rings. The Bertz CT molecular complexity index is 572. The lowest BCUT2D eigenvalue weighted by molar-refractivity contribution is -0.160. The van der Waals surface area contributed by atoms with Gasteiger partial charge in [-0.1, -0.05) is 63.9 Å². The van der Waals surface area contributed by atoms with Gasteiger partial charge in [0.1, 0.15) is 5.60 Å². The van der Waals surface area contributed by atoms with Gasteiger partial charge in [0.15, 0.2) is 0 Å². The summed E-state index contributed by atoms with van der Waals surface area (Å²) in [5.74, 6) is -0.130. The molecule has 0 aliphatic carbocycles. The van der Waals surface area contributed by atoms with Crippen LogP contribution in [0.5, 0.6) is 0 Å². The molecule has 0 atom stereocenters. The lowest BCUT2D eigenvalue weighted by Crippen LogP contribution is -2.34. The minimum absolute atomic E-state index is 0.248. The molecule has 152 valence electrons. The van der Waals surface area contributed by atoms with Crippen LogP contribution < -0.4 is 0 Å². The summed E-state index contributed by atoms with van der Waals surface area (Å²) in [5.41, 5.74) is 0.534. The van der Waals surface area contributed by atoms with Crippen LogP contribution in [-0.4, -0.2) is 35.0 Å². The molecule has 0 spiro atoms. The summed E-state index contributed by atoms with van der Waals surface area (Å²) >= 11 is 0. The summed E-state index contributed by atoms with van der Waals surface area (Å²) < 4.78 is 11.1. The number of ether oxygens (including phenoxy) is 2. The summed E-state index contributed by atoms with van der Waals surface area (Å²) in [7, 11) is 1.51. The zero-order valence-corrected chi connectivity index (χ0v) is 16.7. The van der Waals surface area contributed by atoms with E-state index in [1.54, 1.807) is 6.08 Å². The first-order valence-corrected chi connectivity index (χ1v) is 9.30. The minimum atomic E-state index is -1.83. The molecule has 2 N–H and O–H groups in total. The molecule has 6 heteroatoms. The van der Waals surface area contributed by atoms with Crippen LogP contribution in [0.3, 0.4) is 0 Å². The van der Waals surface area contributed by atoms with Crippen molar-refractivity contribution in [1.29, 1.82) is 0 Å². The Morgan fingerprint density at radius 1 is 1.04 bits per heavy atom. The van der Waals surface area contributed by atoms with Crippen molar-refractivity contribution < 1.29 is 29.3 Å². The first-order valence-electron chi connectivity index (χ1n) is 9.30. The van der Waals surface area contributed by atoms with Gasteiger partial charge in [0.25, 0.3) is 0 Å². The fraction of sp³-hybridized carbons (Fsp3) is 0.524. The standard InChI is InChI=1S/C20H30O3.CH2O3/c1-5-8-12-15-20(6-2,7-3)23-19(21)18(22-4)16-17-13-10-9-11-14-17;2-1(3)4/h9-11,13-14,16H,5-8,12,15H2,1-4H3;(H2,2,3,4). The van der Waals surface area contributed by atoms with Crippen molar-refractivity contribution in [2.75, 3.05) is 7.11 Å². The molecule has 27 heavy (non-hydrogen) atoms. The smallest absolute Gasteiger partial charge is 0.490 e. The largest absolute Gasteiger partial charge is 0.503 e. The quantitative estimate of drug-likeness (QED) is 0.238. The highest BCUT2D eigenvalue weighted by molar-refractivity contribution is 5.91. The van der Waals surface area contributed by atoms with Crippen molar-refractivity contribution in [3.8, 4) is 0 Å². The SMILES string of the molecule is CCCCCC(CC)(CC)OC(=O)C(=Cc1ccccc1)OC.O=C(O)O. The van der Waals surface area contributed by atoms with E-state index in [1.807, 2.05) is 30.3 Å². The monoisotopic (exact) mass is 380 g/mol. The van der Waals surface area contributed by atoms with Gasteiger partial charge in [0, 0.05) is 0 Å². The Hall–Kier alpha value is -2.50. The van der Waals surface area contributed by atoms with Crippen LogP contribution in [0.25, 0.3) is 6.08 Å². The van der Waals surface area contributed by atoms with E-state index in [9.17, 15) is 4.79 Å². The van der Waals surface area contributed by atoms with Crippen LogP contribution in [0.4, 0.5) is 4.79 Å². The summed E-state index contributed by atoms with van der Waals surface area (Å²) in [6.07, 6.45) is 5.84. The van der Waals surface area contributed by atoms with Crippen molar-refractivity contribution in [3.05, 3.63) is 41.7 Å². The van der Waals surface area contributed by atoms with E-state index in [2.05, 4.69) is 20.8 Å². The second kappa shape index (κ2) is 13.7. The highest BCUT2D eigenvalue weighted by Crippen LogP contribution is 2.29. The molecule has 6 nitrogen and oxygen atoms in total. The van der Waals surface area contributed by atoms with Gasteiger partial charge in [-0.3, -0.25) is 0 Å². The Labute approximate surface area is 161 Å². The Kier molecular flexibility index (Phi) is 12.4. The Balaban J connectivity index is 0.00000153. The van der Waals surface area contributed by atoms with Crippen molar-refractivity contribution in [1.82, 2.24) is 0 Å². The molecule has 0 saturated heterocycles. The number of carbonyl (C=O) groups excluding carboxylic acids is 1. The predicted octanol–water partition coefficient (Wildman–Crippen LogP) is 5.58. The highest BCUT2D eigenvalue weighted by atomic mass is 16.6. The maximum atomic E-state index is 12.5. The Morgan fingerprint density at radius 2 is 1.59 bits per heavy atom. The number of unbranched alkanes of at least 4 members (excludes halogenated alkanes) is 2. The molecule has 0 radical (unpaired) electrons. The third kappa shape index (κ3) is 10.3. The fourth-order valence-corrected chi connectivity index (χ4v) is 2.64. The summed E-state index contributed by atoms with van der Waals surface area (Å²) in [6.45, 7) is 6.34. The Morgan fingerprint density at radius 3 is 2.04 bits per heavy atom. The maximum Gasteiger partial charge on any atom is 0.503 e. The molecule has 0 fully saturated rings. The van der Waals surface area contributed by atoms with E-state index in [0.29, 0.717) is 0 Å². The first kappa shape index (κ1) is 24.5.